The normalized spacial score (nSPS) is 35.0. The van der Waals surface area contributed by atoms with E-state index >= 15 is 0 Å². The first-order chi connectivity index (χ1) is 10.2. The number of aliphatic hydroxyl groups excluding tert-OH is 1. The summed E-state index contributed by atoms with van der Waals surface area (Å²) in [4.78, 5) is 14.3. The summed E-state index contributed by atoms with van der Waals surface area (Å²) in [6, 6.07) is 0.374. The van der Waals surface area contributed by atoms with Gasteiger partial charge in [0.1, 0.15) is 0 Å². The van der Waals surface area contributed by atoms with Gasteiger partial charge in [0, 0.05) is 44.0 Å². The monoisotopic (exact) mass is 296 g/mol. The van der Waals surface area contributed by atoms with Crippen molar-refractivity contribution in [3.8, 4) is 0 Å². The van der Waals surface area contributed by atoms with Crippen molar-refractivity contribution in [1.82, 2.24) is 10.2 Å². The van der Waals surface area contributed by atoms with Gasteiger partial charge in [0.25, 0.3) is 0 Å². The van der Waals surface area contributed by atoms with Crippen molar-refractivity contribution in [1.29, 1.82) is 0 Å². The summed E-state index contributed by atoms with van der Waals surface area (Å²) >= 11 is 0. The number of hydrogen-bond acceptors (Lipinski definition) is 4. The van der Waals surface area contributed by atoms with Gasteiger partial charge in [-0.2, -0.15) is 0 Å². The number of hydrogen-bond donors (Lipinski definition) is 2. The van der Waals surface area contributed by atoms with Crippen molar-refractivity contribution < 1.29 is 14.6 Å². The molecule has 2 N–H and O–H groups in total. The van der Waals surface area contributed by atoms with Crippen LogP contribution in [0.2, 0.25) is 0 Å². The van der Waals surface area contributed by atoms with Gasteiger partial charge in [0.05, 0.1) is 12.2 Å². The molecule has 1 spiro atoms. The molecule has 1 aliphatic carbocycles. The summed E-state index contributed by atoms with van der Waals surface area (Å²) in [7, 11) is 0. The Labute approximate surface area is 127 Å². The van der Waals surface area contributed by atoms with E-state index < -0.39 is 0 Å². The number of nitrogens with one attached hydrogen (secondary N) is 1. The van der Waals surface area contributed by atoms with Gasteiger partial charge in [-0.1, -0.05) is 0 Å². The number of carbonyl (C=O) groups is 1. The predicted molar refractivity (Wildman–Crippen MR) is 79.9 cm³/mol. The fourth-order valence-electron chi connectivity index (χ4n) is 4.26. The molecule has 0 aromatic carbocycles. The van der Waals surface area contributed by atoms with Crippen LogP contribution < -0.4 is 5.32 Å². The average Bonchev–Trinajstić information content (AvgIpc) is 3.00. The van der Waals surface area contributed by atoms with Gasteiger partial charge in [-0.25, -0.2) is 0 Å². The molecule has 3 atom stereocenters. The highest BCUT2D eigenvalue weighted by atomic mass is 16.5. The Bertz CT molecular complexity index is 372. The lowest BCUT2D eigenvalue weighted by molar-refractivity contribution is -0.210. The molecule has 0 radical (unpaired) electrons. The zero-order valence-corrected chi connectivity index (χ0v) is 13.0. The lowest BCUT2D eigenvalue weighted by atomic mass is 9.58. The van der Waals surface area contributed by atoms with E-state index in [-0.39, 0.29) is 23.5 Å². The van der Waals surface area contributed by atoms with E-state index in [9.17, 15) is 9.90 Å². The minimum absolute atomic E-state index is 0.0849. The zero-order chi connectivity index (χ0) is 14.9. The van der Waals surface area contributed by atoms with Crippen molar-refractivity contribution in [2.45, 2.75) is 63.7 Å². The maximum Gasteiger partial charge on any atom is 0.224 e. The molecule has 5 nitrogen and oxygen atoms in total. The fraction of sp³-hybridized carbons (Fsp3) is 0.938. The molecule has 0 aromatic heterocycles. The third-order valence-corrected chi connectivity index (χ3v) is 5.74. The fourth-order valence-corrected chi connectivity index (χ4v) is 4.26. The summed E-state index contributed by atoms with van der Waals surface area (Å²) < 4.78 is 5.77. The predicted octanol–water partition coefficient (Wildman–Crippen LogP) is 0.907. The van der Waals surface area contributed by atoms with Gasteiger partial charge in [0.15, 0.2) is 0 Å². The van der Waals surface area contributed by atoms with Crippen LogP contribution in [0, 0.1) is 5.41 Å². The molecule has 0 aromatic rings. The van der Waals surface area contributed by atoms with Crippen LogP contribution >= 0.6 is 0 Å². The van der Waals surface area contributed by atoms with Crippen molar-refractivity contribution in [2.24, 2.45) is 5.41 Å². The van der Waals surface area contributed by atoms with Crippen LogP contribution in [0.5, 0.6) is 0 Å². The van der Waals surface area contributed by atoms with Crippen LogP contribution in [0.1, 0.15) is 45.4 Å². The quantitative estimate of drug-likeness (QED) is 0.809. The molecule has 1 saturated carbocycles. The van der Waals surface area contributed by atoms with Gasteiger partial charge < -0.3 is 20.1 Å². The van der Waals surface area contributed by atoms with Gasteiger partial charge in [-0.15, -0.1) is 0 Å². The van der Waals surface area contributed by atoms with Gasteiger partial charge >= 0.3 is 0 Å². The molecule has 2 aliphatic heterocycles. The molecular formula is C16H28N2O3. The molecule has 1 amide bonds. The maximum atomic E-state index is 12.4. The summed E-state index contributed by atoms with van der Waals surface area (Å²) in [6.07, 6.45) is 5.38. The SMILES string of the molecule is CCOC1CC(O)C12CCN(C(=O)CC1CCCN1)CC2. The number of aliphatic hydroxyl groups is 1. The molecule has 120 valence electrons. The topological polar surface area (TPSA) is 61.8 Å². The summed E-state index contributed by atoms with van der Waals surface area (Å²) in [5, 5.41) is 13.6. The number of nitrogens with zero attached hydrogens (tertiary/aromatic N) is 1. The Morgan fingerprint density at radius 1 is 1.43 bits per heavy atom. The molecule has 0 bridgehead atoms. The van der Waals surface area contributed by atoms with Crippen LogP contribution in [-0.4, -0.2) is 60.4 Å². The Balaban J connectivity index is 1.51. The molecular weight excluding hydrogens is 268 g/mol. The Morgan fingerprint density at radius 3 is 2.76 bits per heavy atom. The van der Waals surface area contributed by atoms with Crippen LogP contribution in [0.4, 0.5) is 0 Å². The standard InChI is InChI=1S/C16H28N2O3/c1-2-21-14-11-13(19)16(14)5-8-18(9-6-16)15(20)10-12-4-3-7-17-12/h12-14,17,19H,2-11H2,1H3. The van der Waals surface area contributed by atoms with Gasteiger partial charge in [0.2, 0.25) is 5.91 Å². The Morgan fingerprint density at radius 2 is 2.19 bits per heavy atom. The highest BCUT2D eigenvalue weighted by Crippen LogP contribution is 2.50. The van der Waals surface area contributed by atoms with E-state index in [2.05, 4.69) is 5.32 Å². The summed E-state index contributed by atoms with van der Waals surface area (Å²) in [5.74, 6) is 0.269. The summed E-state index contributed by atoms with van der Waals surface area (Å²) in [6.45, 7) is 5.29. The zero-order valence-electron chi connectivity index (χ0n) is 13.0. The van der Waals surface area contributed by atoms with Crippen LogP contribution in [0.3, 0.4) is 0 Å². The molecule has 2 heterocycles. The maximum absolute atomic E-state index is 12.4. The van der Waals surface area contributed by atoms with Crippen molar-refractivity contribution in [3.05, 3.63) is 0 Å². The van der Waals surface area contributed by atoms with Crippen molar-refractivity contribution >= 4 is 5.91 Å². The molecule has 3 rings (SSSR count). The van der Waals surface area contributed by atoms with Gasteiger partial charge in [-0.05, 0) is 39.2 Å². The average molecular weight is 296 g/mol. The number of piperidine rings is 1. The van der Waals surface area contributed by atoms with E-state index in [1.807, 2.05) is 11.8 Å². The van der Waals surface area contributed by atoms with Crippen molar-refractivity contribution in [3.63, 3.8) is 0 Å². The molecule has 5 heteroatoms. The third-order valence-electron chi connectivity index (χ3n) is 5.74. The van der Waals surface area contributed by atoms with E-state index in [4.69, 9.17) is 4.74 Å². The van der Waals surface area contributed by atoms with Crippen LogP contribution in [0.25, 0.3) is 0 Å². The Hall–Kier alpha value is -0.650. The second-order valence-corrected chi connectivity index (χ2v) is 6.81. The number of rotatable bonds is 4. The number of likely N-dealkylation sites (tertiary alicyclic amines) is 1. The lowest BCUT2D eigenvalue weighted by Gasteiger charge is -2.56. The minimum Gasteiger partial charge on any atom is -0.392 e. The largest absolute Gasteiger partial charge is 0.392 e. The molecule has 2 saturated heterocycles. The van der Waals surface area contributed by atoms with E-state index in [1.165, 1.54) is 6.42 Å². The molecule has 3 aliphatic rings. The second kappa shape index (κ2) is 6.23. The minimum atomic E-state index is -0.247. The summed E-state index contributed by atoms with van der Waals surface area (Å²) in [5.41, 5.74) is -0.0849. The molecule has 3 fully saturated rings. The molecule has 21 heavy (non-hydrogen) atoms. The number of amides is 1. The van der Waals surface area contributed by atoms with E-state index in [0.717, 1.165) is 45.3 Å². The Kier molecular flexibility index (Phi) is 4.52. The first kappa shape index (κ1) is 15.3. The molecule has 3 unspecified atom stereocenters. The highest BCUT2D eigenvalue weighted by Gasteiger charge is 2.56. The highest BCUT2D eigenvalue weighted by molar-refractivity contribution is 5.77. The first-order valence-electron chi connectivity index (χ1n) is 8.46. The third kappa shape index (κ3) is 2.83. The van der Waals surface area contributed by atoms with E-state index in [0.29, 0.717) is 19.1 Å². The van der Waals surface area contributed by atoms with Crippen LogP contribution in [-0.2, 0) is 9.53 Å². The van der Waals surface area contributed by atoms with Crippen molar-refractivity contribution in [2.75, 3.05) is 26.2 Å². The van der Waals surface area contributed by atoms with Crippen LogP contribution in [0.15, 0.2) is 0 Å². The smallest absolute Gasteiger partial charge is 0.224 e. The lowest BCUT2D eigenvalue weighted by Crippen LogP contribution is -2.62. The van der Waals surface area contributed by atoms with E-state index in [1.54, 1.807) is 0 Å². The number of carbonyl (C=O) groups excluding carboxylic acids is 1. The second-order valence-electron chi connectivity index (χ2n) is 6.81. The van der Waals surface area contributed by atoms with Gasteiger partial charge in [-0.3, -0.25) is 4.79 Å². The first-order valence-corrected chi connectivity index (χ1v) is 8.46. The number of ether oxygens (including phenoxy) is 1.